The molecule has 2 rings (SSSR count). The van der Waals surface area contributed by atoms with E-state index in [1.165, 1.54) is 6.07 Å². The van der Waals surface area contributed by atoms with Crippen LogP contribution in [0.1, 0.15) is 15.9 Å². The van der Waals surface area contributed by atoms with E-state index >= 15 is 0 Å². The van der Waals surface area contributed by atoms with Crippen LogP contribution in [0, 0.1) is 11.3 Å². The first-order valence-electron chi connectivity index (χ1n) is 5.37. The molecule has 1 amide bonds. The van der Waals surface area contributed by atoms with Crippen LogP contribution in [0.5, 0.6) is 0 Å². The second kappa shape index (κ2) is 5.75. The van der Waals surface area contributed by atoms with Crippen molar-refractivity contribution in [1.82, 2.24) is 0 Å². The molecule has 0 bridgehead atoms. The number of hydrogen-bond acceptors (Lipinski definition) is 2. The van der Waals surface area contributed by atoms with E-state index in [1.54, 1.807) is 36.4 Å². The van der Waals surface area contributed by atoms with E-state index in [4.69, 9.17) is 28.5 Å². The second-order valence-electron chi connectivity index (χ2n) is 3.77. The number of carbonyl (C=O) groups is 1. The lowest BCUT2D eigenvalue weighted by molar-refractivity contribution is 0.102. The van der Waals surface area contributed by atoms with Gasteiger partial charge in [0.05, 0.1) is 22.2 Å². The molecule has 0 fully saturated rings. The first-order valence-corrected chi connectivity index (χ1v) is 6.12. The summed E-state index contributed by atoms with van der Waals surface area (Å²) in [4.78, 5) is 12.0. The van der Waals surface area contributed by atoms with Gasteiger partial charge in [0.25, 0.3) is 5.91 Å². The molecule has 0 aliphatic rings. The van der Waals surface area contributed by atoms with Gasteiger partial charge in [-0.2, -0.15) is 5.26 Å². The van der Waals surface area contributed by atoms with Crippen LogP contribution in [0.3, 0.4) is 0 Å². The standard InChI is InChI=1S/C14H8Cl2N2O/c15-10-4-5-13(16)12(7-10)14(19)18-11-3-1-2-9(6-11)8-17/h1-7H,(H,18,19). The van der Waals surface area contributed by atoms with E-state index < -0.39 is 0 Å². The highest BCUT2D eigenvalue weighted by atomic mass is 35.5. The third kappa shape index (κ3) is 3.25. The van der Waals surface area contributed by atoms with Crippen molar-refractivity contribution in [1.29, 1.82) is 5.26 Å². The number of carbonyl (C=O) groups excluding carboxylic acids is 1. The minimum atomic E-state index is -0.373. The van der Waals surface area contributed by atoms with E-state index in [0.717, 1.165) is 0 Å². The van der Waals surface area contributed by atoms with E-state index in [1.807, 2.05) is 6.07 Å². The Morgan fingerprint density at radius 1 is 1.16 bits per heavy atom. The van der Waals surface area contributed by atoms with Gasteiger partial charge in [0, 0.05) is 10.7 Å². The molecule has 3 nitrogen and oxygen atoms in total. The van der Waals surface area contributed by atoms with Crippen molar-refractivity contribution in [2.75, 3.05) is 5.32 Å². The Bertz CT molecular complexity index is 677. The molecule has 19 heavy (non-hydrogen) atoms. The molecule has 0 saturated heterocycles. The highest BCUT2D eigenvalue weighted by molar-refractivity contribution is 6.36. The van der Waals surface area contributed by atoms with Crippen molar-refractivity contribution in [2.24, 2.45) is 0 Å². The summed E-state index contributed by atoms with van der Waals surface area (Å²) in [6.45, 7) is 0. The minimum absolute atomic E-state index is 0.288. The van der Waals surface area contributed by atoms with Gasteiger partial charge in [0.2, 0.25) is 0 Å². The van der Waals surface area contributed by atoms with Crippen molar-refractivity contribution in [3.8, 4) is 6.07 Å². The van der Waals surface area contributed by atoms with Crippen molar-refractivity contribution < 1.29 is 4.79 Å². The third-order valence-electron chi connectivity index (χ3n) is 2.42. The van der Waals surface area contributed by atoms with Crippen LogP contribution < -0.4 is 5.32 Å². The summed E-state index contributed by atoms with van der Waals surface area (Å²) in [5.41, 5.74) is 1.28. The highest BCUT2D eigenvalue weighted by Gasteiger charge is 2.11. The van der Waals surface area contributed by atoms with Gasteiger partial charge in [-0.05, 0) is 36.4 Å². The molecule has 0 heterocycles. The highest BCUT2D eigenvalue weighted by Crippen LogP contribution is 2.22. The second-order valence-corrected chi connectivity index (χ2v) is 4.61. The zero-order chi connectivity index (χ0) is 13.8. The lowest BCUT2D eigenvalue weighted by atomic mass is 10.2. The Balaban J connectivity index is 2.26. The lowest BCUT2D eigenvalue weighted by Crippen LogP contribution is -2.12. The molecule has 94 valence electrons. The maximum Gasteiger partial charge on any atom is 0.257 e. The molecule has 0 aromatic heterocycles. The van der Waals surface area contributed by atoms with Crippen LogP contribution in [-0.4, -0.2) is 5.91 Å². The van der Waals surface area contributed by atoms with Gasteiger partial charge in [-0.25, -0.2) is 0 Å². The van der Waals surface area contributed by atoms with Crippen LogP contribution in [0.25, 0.3) is 0 Å². The lowest BCUT2D eigenvalue weighted by Gasteiger charge is -2.07. The molecular weight excluding hydrogens is 283 g/mol. The number of benzene rings is 2. The summed E-state index contributed by atoms with van der Waals surface area (Å²) in [6, 6.07) is 13.3. The topological polar surface area (TPSA) is 52.9 Å². The van der Waals surface area contributed by atoms with E-state index in [-0.39, 0.29) is 11.5 Å². The fraction of sp³-hybridized carbons (Fsp3) is 0. The van der Waals surface area contributed by atoms with Crippen LogP contribution >= 0.6 is 23.2 Å². The number of nitrogens with zero attached hydrogens (tertiary/aromatic N) is 1. The first-order chi connectivity index (χ1) is 9.10. The van der Waals surface area contributed by atoms with E-state index in [2.05, 4.69) is 5.32 Å². The largest absolute Gasteiger partial charge is 0.322 e. The minimum Gasteiger partial charge on any atom is -0.322 e. The van der Waals surface area contributed by atoms with Gasteiger partial charge in [-0.3, -0.25) is 4.79 Å². The Kier molecular flexibility index (Phi) is 4.06. The van der Waals surface area contributed by atoms with Crippen molar-refractivity contribution in [2.45, 2.75) is 0 Å². The van der Waals surface area contributed by atoms with Gasteiger partial charge >= 0.3 is 0 Å². The van der Waals surface area contributed by atoms with Gasteiger partial charge in [-0.15, -0.1) is 0 Å². The van der Waals surface area contributed by atoms with Crippen molar-refractivity contribution >= 4 is 34.8 Å². The Labute approximate surface area is 120 Å². The third-order valence-corrected chi connectivity index (χ3v) is 2.99. The molecule has 0 unspecified atom stereocenters. The number of rotatable bonds is 2. The summed E-state index contributed by atoms with van der Waals surface area (Å²) < 4.78 is 0. The summed E-state index contributed by atoms with van der Waals surface area (Å²) >= 11 is 11.8. The van der Waals surface area contributed by atoms with Crippen LogP contribution in [0.15, 0.2) is 42.5 Å². The predicted molar refractivity (Wildman–Crippen MR) is 75.6 cm³/mol. The quantitative estimate of drug-likeness (QED) is 0.905. The zero-order valence-corrected chi connectivity index (χ0v) is 11.2. The number of nitrogens with one attached hydrogen (secondary N) is 1. The Hall–Kier alpha value is -2.02. The maximum atomic E-state index is 12.0. The fourth-order valence-electron chi connectivity index (χ4n) is 1.54. The molecule has 0 saturated carbocycles. The van der Waals surface area contributed by atoms with Gasteiger partial charge in [-0.1, -0.05) is 29.3 Å². The van der Waals surface area contributed by atoms with E-state index in [9.17, 15) is 4.79 Å². The number of nitriles is 1. The Morgan fingerprint density at radius 2 is 1.95 bits per heavy atom. The fourth-order valence-corrected chi connectivity index (χ4v) is 1.91. The summed E-state index contributed by atoms with van der Waals surface area (Å²) in [5, 5.41) is 12.2. The number of anilines is 1. The molecular formula is C14H8Cl2N2O. The van der Waals surface area contributed by atoms with Gasteiger partial charge in [0.1, 0.15) is 0 Å². The molecule has 0 aliphatic carbocycles. The first kappa shape index (κ1) is 13.4. The SMILES string of the molecule is N#Cc1cccc(NC(=O)c2cc(Cl)ccc2Cl)c1. The molecule has 5 heteroatoms. The van der Waals surface area contributed by atoms with Crippen LogP contribution in [0.2, 0.25) is 10.0 Å². The summed E-state index contributed by atoms with van der Waals surface area (Å²) in [5.74, 6) is -0.373. The maximum absolute atomic E-state index is 12.0. The normalized spacial score (nSPS) is 9.74. The molecule has 2 aromatic rings. The number of amides is 1. The van der Waals surface area contributed by atoms with Crippen LogP contribution in [0.4, 0.5) is 5.69 Å². The summed E-state index contributed by atoms with van der Waals surface area (Å²) in [7, 11) is 0. The molecule has 0 aliphatic heterocycles. The molecule has 0 spiro atoms. The average Bonchev–Trinajstić information content (AvgIpc) is 2.41. The molecule has 2 aromatic carbocycles. The predicted octanol–water partition coefficient (Wildman–Crippen LogP) is 4.12. The monoisotopic (exact) mass is 290 g/mol. The van der Waals surface area contributed by atoms with E-state index in [0.29, 0.717) is 21.3 Å². The average molecular weight is 291 g/mol. The van der Waals surface area contributed by atoms with Crippen LogP contribution in [-0.2, 0) is 0 Å². The van der Waals surface area contributed by atoms with Gasteiger partial charge in [0.15, 0.2) is 0 Å². The Morgan fingerprint density at radius 3 is 2.68 bits per heavy atom. The van der Waals surface area contributed by atoms with Crippen molar-refractivity contribution in [3.05, 3.63) is 63.6 Å². The zero-order valence-electron chi connectivity index (χ0n) is 9.65. The molecule has 1 N–H and O–H groups in total. The molecule has 0 atom stereocenters. The van der Waals surface area contributed by atoms with Crippen molar-refractivity contribution in [3.63, 3.8) is 0 Å². The van der Waals surface area contributed by atoms with Gasteiger partial charge < -0.3 is 5.32 Å². The smallest absolute Gasteiger partial charge is 0.257 e. The number of halogens is 2. The molecule has 0 radical (unpaired) electrons. The number of hydrogen-bond donors (Lipinski definition) is 1. The summed E-state index contributed by atoms with van der Waals surface area (Å²) in [6.07, 6.45) is 0.